The molecule has 4 aromatic heterocycles. The van der Waals surface area contributed by atoms with Crippen LogP contribution in [0.5, 0.6) is 0 Å². The van der Waals surface area contributed by atoms with Gasteiger partial charge in [0.2, 0.25) is 35.4 Å². The van der Waals surface area contributed by atoms with E-state index in [4.69, 9.17) is 0 Å². The van der Waals surface area contributed by atoms with Crippen molar-refractivity contribution in [2.24, 2.45) is 7.05 Å². The van der Waals surface area contributed by atoms with E-state index in [1.807, 2.05) is 132 Å². The van der Waals surface area contributed by atoms with Gasteiger partial charge in [0.05, 0.1) is 36.6 Å². The van der Waals surface area contributed by atoms with Crippen LogP contribution in [0.25, 0.3) is 21.8 Å². The second kappa shape index (κ2) is 34.7. The van der Waals surface area contributed by atoms with E-state index in [9.17, 15) is 28.8 Å². The predicted octanol–water partition coefficient (Wildman–Crippen LogP) is 9.72. The molecule has 4 aliphatic heterocycles. The number of H-pyrrole nitrogens is 2. The van der Waals surface area contributed by atoms with Gasteiger partial charge in [0.25, 0.3) is 0 Å². The van der Waals surface area contributed by atoms with E-state index in [2.05, 4.69) is 93.7 Å². The molecule has 8 N–H and O–H groups in total. The number of nitrogens with zero attached hydrogens (tertiary/aromatic N) is 8. The number of aryl methyl sites for hydroxylation is 4. The molecule has 22 nitrogen and oxygen atoms in total. The van der Waals surface area contributed by atoms with Crippen molar-refractivity contribution >= 4 is 57.2 Å². The summed E-state index contributed by atoms with van der Waals surface area (Å²) in [5.41, 5.74) is 9.94. The van der Waals surface area contributed by atoms with Crippen LogP contribution < -0.4 is 31.9 Å². The number of benzene rings is 5. The molecule has 0 saturated carbocycles. The fourth-order valence-electron chi connectivity index (χ4n) is 15.6. The molecule has 8 heterocycles. The molecule has 6 amide bonds. The van der Waals surface area contributed by atoms with Gasteiger partial charge in [-0.25, -0.2) is 0 Å². The van der Waals surface area contributed by atoms with Gasteiger partial charge < -0.3 is 51.7 Å². The normalized spacial score (nSPS) is 20.4. The Bertz CT molecular complexity index is 4240. The van der Waals surface area contributed by atoms with E-state index in [1.165, 1.54) is 30.4 Å². The topological polar surface area (TPSA) is 274 Å². The zero-order chi connectivity index (χ0) is 70.9. The molecular formula is C80H100N16O6. The Kier molecular flexibility index (Phi) is 24.5. The monoisotopic (exact) mass is 1380 g/mol. The van der Waals surface area contributed by atoms with Crippen molar-refractivity contribution in [1.82, 2.24) is 81.7 Å². The van der Waals surface area contributed by atoms with E-state index in [0.29, 0.717) is 49.9 Å². The molecule has 10 atom stereocenters. The Morgan fingerprint density at radius 3 is 1.41 bits per heavy atom. The number of fused-ring (bicyclic) bond motifs is 4. The molecule has 4 aliphatic rings. The third kappa shape index (κ3) is 17.6. The first kappa shape index (κ1) is 72.0. The molecule has 9 aromatic rings. The maximum Gasteiger partial charge on any atom is 0.246 e. The summed E-state index contributed by atoms with van der Waals surface area (Å²) in [5, 5.41) is 38.4. The van der Waals surface area contributed by atoms with Gasteiger partial charge in [-0.15, -0.1) is 10.2 Å². The van der Waals surface area contributed by atoms with Gasteiger partial charge in [0, 0.05) is 59.9 Å². The van der Waals surface area contributed by atoms with E-state index in [1.54, 1.807) is 41.8 Å². The lowest BCUT2D eigenvalue weighted by molar-refractivity contribution is -0.144. The van der Waals surface area contributed by atoms with Crippen molar-refractivity contribution in [2.75, 3.05) is 14.1 Å². The lowest BCUT2D eigenvalue weighted by atomic mass is 9.98. The summed E-state index contributed by atoms with van der Waals surface area (Å²) in [6, 6.07) is 39.8. The summed E-state index contributed by atoms with van der Waals surface area (Å²) in [4.78, 5) is 94.3. The number of hydrogen-bond acceptors (Lipinski definition) is 12. The summed E-state index contributed by atoms with van der Waals surface area (Å²) in [6.07, 6.45) is 25.4. The molecular weight excluding hydrogens is 1280 g/mol. The third-order valence-electron chi connectivity index (χ3n) is 21.2. The first-order valence-corrected chi connectivity index (χ1v) is 37.1. The number of likely N-dealkylation sites (N-methyl/N-ethyl adjacent to an activating group) is 2. The summed E-state index contributed by atoms with van der Waals surface area (Å²) in [7, 11) is 5.32. The maximum absolute atomic E-state index is 14.4. The number of unbranched alkanes of at least 4 members (excludes halogenated alkanes) is 3. The lowest BCUT2D eigenvalue weighted by Gasteiger charge is -2.36. The molecule has 0 spiro atoms. The number of aromatic amines is 2. The Labute approximate surface area is 597 Å². The van der Waals surface area contributed by atoms with Gasteiger partial charge >= 0.3 is 0 Å². The van der Waals surface area contributed by atoms with Gasteiger partial charge in [-0.2, -0.15) is 0 Å². The highest BCUT2D eigenvalue weighted by Crippen LogP contribution is 2.35. The number of rotatable bonds is 27. The number of para-hydroxylation sites is 2. The maximum atomic E-state index is 14.4. The zero-order valence-electron chi connectivity index (χ0n) is 59.4. The van der Waals surface area contributed by atoms with Crippen LogP contribution in [0.3, 0.4) is 0 Å². The fourth-order valence-corrected chi connectivity index (χ4v) is 15.6. The molecule has 5 aromatic carbocycles. The molecule has 0 bridgehead atoms. The SMILES string of the molecule is CCCCCc1ccc(CCCCn2cc([C@@H](NC(=O)[C@@H]3CC[C@@H]4CCCC[C@H](NC(=O)[C@H](Cc5c[nH]c6ccccc56)NC)C(=O)N43)c3ccccc3)nn2)cc1.CN[C@@H](Cc1c[nH]c2ccccc12)C(=O)N[C@H]1CCCC[C@H]2CC[C@@H](C(=O)N[C@@H](c3ccccc3)c3cn(C)nn3)N2C1=O. The summed E-state index contributed by atoms with van der Waals surface area (Å²) < 4.78 is 3.47. The Hall–Kier alpha value is -9.80. The standard InChI is InChI=1S/C47H60N8O3.C33H40N8O3/c1-3-4-6-15-33-23-25-34(26-24-33)16-13-14-29-54-32-42(52-53-54)44(35-17-7-5-8-18-35)51-46(57)43-28-27-37-19-9-11-22-40(47(58)55(37)43)50-45(56)41(48-2)30-36-31-49-39-21-12-10-20-38(36)39;1-34-27(18-22-19-35-25-14-9-7-13-24(22)25)31(42)36-26-15-8-6-12-23-16-17-29(41(23)33(26)44)32(43)37-30(21-10-4-3-5-11-21)28-20-40(2)39-38-28/h5,7-8,10,12,17-18,20-21,23-26,31-32,37,40-41,43-44,48-49H,3-4,6,9,11,13-16,19,22,27-30H2,1-2H3,(H,50,56)(H,51,57);3-5,7,9-11,13-14,19-20,23,26-27,29-30,34-35H,6,8,12,15-18H2,1-2H3,(H,36,42)(H,37,43)/t37-,40-,41-,43-,44-;23-,26-,27-,29-,30-/m00/s1. The highest BCUT2D eigenvalue weighted by Gasteiger charge is 2.47. The predicted molar refractivity (Wildman–Crippen MR) is 394 cm³/mol. The molecule has 0 radical (unpaired) electrons. The molecule has 536 valence electrons. The summed E-state index contributed by atoms with van der Waals surface area (Å²) in [6.45, 7) is 2.97. The van der Waals surface area contributed by atoms with Gasteiger partial charge in [0.15, 0.2) is 0 Å². The molecule has 0 unspecified atom stereocenters. The van der Waals surface area contributed by atoms with Crippen LogP contribution in [0, 0.1) is 0 Å². The minimum Gasteiger partial charge on any atom is -0.361 e. The summed E-state index contributed by atoms with van der Waals surface area (Å²) in [5.74, 6) is -1.24. The number of hydrogen-bond donors (Lipinski definition) is 8. The summed E-state index contributed by atoms with van der Waals surface area (Å²) >= 11 is 0. The van der Waals surface area contributed by atoms with Gasteiger partial charge in [-0.1, -0.05) is 177 Å². The highest BCUT2D eigenvalue weighted by molar-refractivity contribution is 5.96. The van der Waals surface area contributed by atoms with E-state index in [0.717, 1.165) is 128 Å². The fraction of sp³-hybridized carbons (Fsp3) is 0.450. The number of aromatic nitrogens is 8. The van der Waals surface area contributed by atoms with Crippen LogP contribution in [0.4, 0.5) is 0 Å². The van der Waals surface area contributed by atoms with Crippen molar-refractivity contribution < 1.29 is 28.8 Å². The van der Waals surface area contributed by atoms with Crippen LogP contribution in [0.2, 0.25) is 0 Å². The first-order valence-electron chi connectivity index (χ1n) is 37.1. The van der Waals surface area contributed by atoms with Crippen molar-refractivity contribution in [1.29, 1.82) is 0 Å². The largest absolute Gasteiger partial charge is 0.361 e. The Balaban J connectivity index is 0.000000200. The van der Waals surface area contributed by atoms with Gasteiger partial charge in [0.1, 0.15) is 35.6 Å². The smallest absolute Gasteiger partial charge is 0.246 e. The molecule has 4 fully saturated rings. The minimum absolute atomic E-state index is 0.0315. The van der Waals surface area contributed by atoms with Crippen LogP contribution in [0.1, 0.15) is 173 Å². The van der Waals surface area contributed by atoms with E-state index in [-0.39, 0.29) is 47.5 Å². The van der Waals surface area contributed by atoms with Crippen molar-refractivity contribution in [3.05, 3.63) is 203 Å². The molecule has 22 heteroatoms. The van der Waals surface area contributed by atoms with Crippen LogP contribution >= 0.6 is 0 Å². The minimum atomic E-state index is -0.706. The quantitative estimate of drug-likeness (QED) is 0.0224. The number of carbonyl (C=O) groups excluding carboxylic acids is 6. The van der Waals surface area contributed by atoms with Crippen molar-refractivity contribution in [3.8, 4) is 0 Å². The van der Waals surface area contributed by atoms with Crippen LogP contribution in [-0.4, -0.2) is 148 Å². The molecule has 13 rings (SSSR count). The van der Waals surface area contributed by atoms with Crippen molar-refractivity contribution in [2.45, 2.75) is 209 Å². The second-order valence-electron chi connectivity index (χ2n) is 28.1. The Morgan fingerprint density at radius 1 is 0.510 bits per heavy atom. The number of amides is 6. The second-order valence-corrected chi connectivity index (χ2v) is 28.1. The van der Waals surface area contributed by atoms with E-state index >= 15 is 0 Å². The average Bonchev–Trinajstić information content (AvgIpc) is 1.62. The molecule has 102 heavy (non-hydrogen) atoms. The first-order chi connectivity index (χ1) is 49.8. The number of nitrogens with one attached hydrogen (secondary N) is 8. The Morgan fingerprint density at radius 2 is 0.951 bits per heavy atom. The highest BCUT2D eigenvalue weighted by atomic mass is 16.2. The van der Waals surface area contributed by atoms with Crippen LogP contribution in [0.15, 0.2) is 158 Å². The van der Waals surface area contributed by atoms with Crippen molar-refractivity contribution in [3.63, 3.8) is 0 Å². The van der Waals surface area contributed by atoms with Crippen LogP contribution in [-0.2, 0) is 68.0 Å². The average molecular weight is 1380 g/mol. The molecule has 4 saturated heterocycles. The lowest BCUT2D eigenvalue weighted by Crippen LogP contribution is -2.58. The third-order valence-corrected chi connectivity index (χ3v) is 21.2. The zero-order valence-corrected chi connectivity index (χ0v) is 59.4. The molecule has 0 aliphatic carbocycles. The van der Waals surface area contributed by atoms with Gasteiger partial charge in [-0.05, 0) is 156 Å². The van der Waals surface area contributed by atoms with Gasteiger partial charge in [-0.3, -0.25) is 38.1 Å². The number of carbonyl (C=O) groups is 6. The van der Waals surface area contributed by atoms with E-state index < -0.39 is 48.3 Å².